The van der Waals surface area contributed by atoms with Crippen LogP contribution in [0.3, 0.4) is 0 Å². The molecule has 1 aromatic heterocycles. The molecule has 0 aliphatic rings. The maximum atomic E-state index is 5.98. The normalized spacial score (nSPS) is 10.7. The molecule has 0 bridgehead atoms. The number of aromatic nitrogens is 2. The molecule has 0 amide bonds. The van der Waals surface area contributed by atoms with Gasteiger partial charge in [0.1, 0.15) is 12.4 Å². The molecule has 0 aliphatic carbocycles. The van der Waals surface area contributed by atoms with Crippen LogP contribution in [0.15, 0.2) is 46.9 Å². The average molecular weight is 335 g/mol. The van der Waals surface area contributed by atoms with Crippen molar-refractivity contribution >= 4 is 23.2 Å². The molecule has 3 aromatic rings. The third-order valence-corrected chi connectivity index (χ3v) is 3.76. The van der Waals surface area contributed by atoms with Crippen molar-refractivity contribution in [3.63, 3.8) is 0 Å². The van der Waals surface area contributed by atoms with Gasteiger partial charge in [0.05, 0.1) is 10.0 Å². The molecule has 0 spiro atoms. The van der Waals surface area contributed by atoms with E-state index in [9.17, 15) is 0 Å². The minimum absolute atomic E-state index is 0.413. The van der Waals surface area contributed by atoms with Crippen molar-refractivity contribution in [1.29, 1.82) is 0 Å². The summed E-state index contributed by atoms with van der Waals surface area (Å²) in [5.41, 5.74) is 1.80. The number of benzene rings is 2. The standard InChI is InChI=1S/C16H12Cl2N2O2/c1-10-19-20-16(22-10)12-3-5-13(6-4-12)21-9-11-2-7-14(17)15(18)8-11/h2-8H,9H2,1H3. The minimum atomic E-state index is 0.413. The van der Waals surface area contributed by atoms with Gasteiger partial charge in [-0.15, -0.1) is 10.2 Å². The summed E-state index contributed by atoms with van der Waals surface area (Å²) in [4.78, 5) is 0. The van der Waals surface area contributed by atoms with Crippen LogP contribution in [-0.4, -0.2) is 10.2 Å². The largest absolute Gasteiger partial charge is 0.489 e. The minimum Gasteiger partial charge on any atom is -0.489 e. The highest BCUT2D eigenvalue weighted by atomic mass is 35.5. The van der Waals surface area contributed by atoms with Crippen molar-refractivity contribution in [2.24, 2.45) is 0 Å². The molecule has 0 unspecified atom stereocenters. The molecule has 0 saturated carbocycles. The predicted octanol–water partition coefficient (Wildman–Crippen LogP) is 4.93. The Balaban J connectivity index is 1.67. The zero-order chi connectivity index (χ0) is 15.5. The van der Waals surface area contributed by atoms with Crippen LogP contribution in [0.1, 0.15) is 11.5 Å². The van der Waals surface area contributed by atoms with Crippen molar-refractivity contribution in [3.05, 3.63) is 64.0 Å². The highest BCUT2D eigenvalue weighted by Gasteiger charge is 2.06. The first-order chi connectivity index (χ1) is 10.6. The summed E-state index contributed by atoms with van der Waals surface area (Å²) in [6.45, 7) is 2.17. The summed E-state index contributed by atoms with van der Waals surface area (Å²) < 4.78 is 11.1. The highest BCUT2D eigenvalue weighted by Crippen LogP contribution is 2.24. The van der Waals surface area contributed by atoms with E-state index in [-0.39, 0.29) is 0 Å². The molecule has 1 heterocycles. The summed E-state index contributed by atoms with van der Waals surface area (Å²) >= 11 is 11.9. The van der Waals surface area contributed by atoms with E-state index >= 15 is 0 Å². The molecule has 2 aromatic carbocycles. The number of hydrogen-bond acceptors (Lipinski definition) is 4. The molecule has 0 fully saturated rings. The summed E-state index contributed by atoms with van der Waals surface area (Å²) in [5, 5.41) is 8.83. The SMILES string of the molecule is Cc1nnc(-c2ccc(OCc3ccc(Cl)c(Cl)c3)cc2)o1. The van der Waals surface area contributed by atoms with Crippen LogP contribution in [0.5, 0.6) is 5.75 Å². The molecular weight excluding hydrogens is 323 g/mol. The Morgan fingerprint density at radius 2 is 1.77 bits per heavy atom. The zero-order valence-corrected chi connectivity index (χ0v) is 13.2. The Bertz CT molecular complexity index is 785. The molecule has 0 atom stereocenters. The first kappa shape index (κ1) is 14.9. The summed E-state index contributed by atoms with van der Waals surface area (Å²) in [5.74, 6) is 1.77. The molecule has 0 radical (unpaired) electrons. The van der Waals surface area contributed by atoms with Crippen LogP contribution in [0.2, 0.25) is 10.0 Å². The van der Waals surface area contributed by atoms with Crippen molar-refractivity contribution in [2.45, 2.75) is 13.5 Å². The Morgan fingerprint density at radius 3 is 2.41 bits per heavy atom. The number of halogens is 2. The van der Waals surface area contributed by atoms with Crippen molar-refractivity contribution < 1.29 is 9.15 Å². The first-order valence-electron chi connectivity index (χ1n) is 6.59. The number of ether oxygens (including phenoxy) is 1. The molecule has 0 aliphatic heterocycles. The van der Waals surface area contributed by atoms with E-state index in [1.165, 1.54) is 0 Å². The predicted molar refractivity (Wildman–Crippen MR) is 85.3 cm³/mol. The average Bonchev–Trinajstić information content (AvgIpc) is 2.95. The van der Waals surface area contributed by atoms with Crippen molar-refractivity contribution in [2.75, 3.05) is 0 Å². The van der Waals surface area contributed by atoms with Gasteiger partial charge < -0.3 is 9.15 Å². The van der Waals surface area contributed by atoms with Gasteiger partial charge in [-0.1, -0.05) is 29.3 Å². The second-order valence-electron chi connectivity index (χ2n) is 4.69. The van der Waals surface area contributed by atoms with Gasteiger partial charge in [0.15, 0.2) is 0 Å². The van der Waals surface area contributed by atoms with Crippen LogP contribution >= 0.6 is 23.2 Å². The fourth-order valence-electron chi connectivity index (χ4n) is 1.90. The van der Waals surface area contributed by atoms with Crippen LogP contribution in [-0.2, 0) is 6.61 Å². The van der Waals surface area contributed by atoms with E-state index in [2.05, 4.69) is 10.2 Å². The number of hydrogen-bond donors (Lipinski definition) is 0. The van der Waals surface area contributed by atoms with Gasteiger partial charge in [-0.25, -0.2) is 0 Å². The number of aryl methyl sites for hydroxylation is 1. The van der Waals surface area contributed by atoms with E-state index in [0.717, 1.165) is 16.9 Å². The van der Waals surface area contributed by atoms with Crippen LogP contribution in [0, 0.1) is 6.92 Å². The van der Waals surface area contributed by atoms with Crippen LogP contribution in [0.25, 0.3) is 11.5 Å². The number of rotatable bonds is 4. The van der Waals surface area contributed by atoms with Gasteiger partial charge in [-0.2, -0.15) is 0 Å². The molecule has 4 nitrogen and oxygen atoms in total. The Hall–Kier alpha value is -2.04. The lowest BCUT2D eigenvalue weighted by atomic mass is 10.2. The second kappa shape index (κ2) is 6.38. The summed E-state index contributed by atoms with van der Waals surface area (Å²) in [6.07, 6.45) is 0. The van der Waals surface area contributed by atoms with Gasteiger partial charge >= 0.3 is 0 Å². The molecule has 3 rings (SSSR count). The van der Waals surface area contributed by atoms with Crippen molar-refractivity contribution in [3.8, 4) is 17.2 Å². The third kappa shape index (κ3) is 3.40. The highest BCUT2D eigenvalue weighted by molar-refractivity contribution is 6.42. The first-order valence-corrected chi connectivity index (χ1v) is 7.35. The smallest absolute Gasteiger partial charge is 0.247 e. The van der Waals surface area contributed by atoms with E-state index in [0.29, 0.717) is 28.4 Å². The van der Waals surface area contributed by atoms with E-state index < -0.39 is 0 Å². The number of nitrogens with zero attached hydrogens (tertiary/aromatic N) is 2. The molecular formula is C16H12Cl2N2O2. The van der Waals surface area contributed by atoms with Gasteiger partial charge in [-0.05, 0) is 42.0 Å². The van der Waals surface area contributed by atoms with Gasteiger partial charge in [0.25, 0.3) is 0 Å². The van der Waals surface area contributed by atoms with Gasteiger partial charge in [-0.3, -0.25) is 0 Å². The molecule has 22 heavy (non-hydrogen) atoms. The zero-order valence-electron chi connectivity index (χ0n) is 11.7. The van der Waals surface area contributed by atoms with Crippen LogP contribution < -0.4 is 4.74 Å². The topological polar surface area (TPSA) is 48.2 Å². The molecule has 0 N–H and O–H groups in total. The van der Waals surface area contributed by atoms with E-state index in [1.807, 2.05) is 30.3 Å². The lowest BCUT2D eigenvalue weighted by molar-refractivity contribution is 0.306. The fraction of sp³-hybridized carbons (Fsp3) is 0.125. The van der Waals surface area contributed by atoms with Gasteiger partial charge in [0.2, 0.25) is 11.8 Å². The lowest BCUT2D eigenvalue weighted by Crippen LogP contribution is -1.95. The monoisotopic (exact) mass is 334 g/mol. The van der Waals surface area contributed by atoms with Gasteiger partial charge in [0, 0.05) is 12.5 Å². The van der Waals surface area contributed by atoms with E-state index in [1.54, 1.807) is 19.1 Å². The quantitative estimate of drug-likeness (QED) is 0.678. The van der Waals surface area contributed by atoms with Crippen LogP contribution in [0.4, 0.5) is 0 Å². The Labute approximate surface area is 137 Å². The fourth-order valence-corrected chi connectivity index (χ4v) is 2.22. The molecule has 112 valence electrons. The third-order valence-electron chi connectivity index (χ3n) is 3.02. The maximum Gasteiger partial charge on any atom is 0.247 e. The molecule has 0 saturated heterocycles. The second-order valence-corrected chi connectivity index (χ2v) is 5.50. The maximum absolute atomic E-state index is 5.98. The lowest BCUT2D eigenvalue weighted by Gasteiger charge is -2.07. The summed E-state index contributed by atoms with van der Waals surface area (Å²) in [6, 6.07) is 12.9. The molecule has 6 heteroatoms. The van der Waals surface area contributed by atoms with E-state index in [4.69, 9.17) is 32.4 Å². The Morgan fingerprint density at radius 1 is 1.00 bits per heavy atom. The Kier molecular flexibility index (Phi) is 4.32. The van der Waals surface area contributed by atoms with Crippen molar-refractivity contribution in [1.82, 2.24) is 10.2 Å². The summed E-state index contributed by atoms with van der Waals surface area (Å²) in [7, 11) is 0.